The van der Waals surface area contributed by atoms with Crippen LogP contribution < -0.4 is 10.2 Å². The number of hydrogen-bond donors (Lipinski definition) is 1. The maximum absolute atomic E-state index is 12.4. The molecule has 0 bridgehead atoms. The minimum absolute atomic E-state index is 0.180. The maximum atomic E-state index is 12.4. The van der Waals surface area contributed by atoms with Crippen molar-refractivity contribution in [3.63, 3.8) is 0 Å². The number of rotatable bonds is 3. The fraction of sp³-hybridized carbons (Fsp3) is 0.700. The molecule has 1 unspecified atom stereocenters. The van der Waals surface area contributed by atoms with E-state index >= 15 is 0 Å². The van der Waals surface area contributed by atoms with Crippen LogP contribution >= 0.6 is 11.5 Å². The average Bonchev–Trinajstić information content (AvgIpc) is 2.86. The lowest BCUT2D eigenvalue weighted by molar-refractivity contribution is -0.144. The second kappa shape index (κ2) is 5.92. The molecule has 0 aromatic carbocycles. The van der Waals surface area contributed by atoms with E-state index < -0.39 is 12.0 Å². The summed E-state index contributed by atoms with van der Waals surface area (Å²) >= 11 is 0.711. The summed E-state index contributed by atoms with van der Waals surface area (Å²) in [5, 5.41) is 2.83. The molecule has 112 valence electrons. The van der Waals surface area contributed by atoms with E-state index in [9.17, 15) is 18.0 Å². The Morgan fingerprint density at radius 2 is 2.35 bits per heavy atom. The van der Waals surface area contributed by atoms with Gasteiger partial charge < -0.3 is 15.0 Å². The molecule has 1 fully saturated rings. The number of alkyl halides is 3. The van der Waals surface area contributed by atoms with Crippen LogP contribution in [0.15, 0.2) is 0 Å². The standard InChI is InChI=1S/C10H13F3N4O2S/c1-6(18)14-4-7-5-17(2-3-19-7)9-15-8(16-20-9)10(11,12)13/h7H,2-5H2,1H3,(H,14,18). The molecule has 20 heavy (non-hydrogen) atoms. The van der Waals surface area contributed by atoms with Crippen LogP contribution in [-0.4, -0.2) is 47.6 Å². The predicted octanol–water partition coefficient (Wildman–Crippen LogP) is 0.898. The van der Waals surface area contributed by atoms with Crippen LogP contribution in [0.5, 0.6) is 0 Å². The molecule has 1 amide bonds. The molecule has 1 N–H and O–H groups in total. The molecular formula is C10H13F3N4O2S. The molecule has 0 aliphatic carbocycles. The lowest BCUT2D eigenvalue weighted by atomic mass is 10.3. The summed E-state index contributed by atoms with van der Waals surface area (Å²) in [6.07, 6.45) is -4.80. The van der Waals surface area contributed by atoms with E-state index in [1.54, 1.807) is 4.90 Å². The molecule has 2 rings (SSSR count). The average molecular weight is 310 g/mol. The third kappa shape index (κ3) is 3.79. The van der Waals surface area contributed by atoms with E-state index in [4.69, 9.17) is 4.74 Å². The summed E-state index contributed by atoms with van der Waals surface area (Å²) < 4.78 is 46.1. The van der Waals surface area contributed by atoms with Crippen molar-refractivity contribution in [2.45, 2.75) is 19.2 Å². The van der Waals surface area contributed by atoms with Gasteiger partial charge in [-0.1, -0.05) is 0 Å². The molecule has 6 nitrogen and oxygen atoms in total. The second-order valence-corrected chi connectivity index (χ2v) is 5.00. The number of carbonyl (C=O) groups excluding carboxylic acids is 1. The molecular weight excluding hydrogens is 297 g/mol. The van der Waals surface area contributed by atoms with Crippen LogP contribution in [0, 0.1) is 0 Å². The lowest BCUT2D eigenvalue weighted by Crippen LogP contribution is -2.47. The van der Waals surface area contributed by atoms with Gasteiger partial charge in [-0.05, 0) is 0 Å². The van der Waals surface area contributed by atoms with Crippen molar-refractivity contribution in [2.75, 3.05) is 31.1 Å². The quantitative estimate of drug-likeness (QED) is 0.898. The van der Waals surface area contributed by atoms with Crippen LogP contribution in [0.1, 0.15) is 12.7 Å². The molecule has 1 saturated heterocycles. The smallest absolute Gasteiger partial charge is 0.373 e. The fourth-order valence-corrected chi connectivity index (χ4v) is 2.45. The second-order valence-electron chi connectivity index (χ2n) is 4.27. The van der Waals surface area contributed by atoms with Crippen molar-refractivity contribution in [1.82, 2.24) is 14.7 Å². The number of anilines is 1. The fourth-order valence-electron chi connectivity index (χ4n) is 1.73. The highest BCUT2D eigenvalue weighted by Gasteiger charge is 2.37. The summed E-state index contributed by atoms with van der Waals surface area (Å²) in [5.41, 5.74) is 0. The van der Waals surface area contributed by atoms with Gasteiger partial charge in [0.15, 0.2) is 0 Å². The van der Waals surface area contributed by atoms with Gasteiger partial charge >= 0.3 is 6.18 Å². The first-order valence-electron chi connectivity index (χ1n) is 5.88. The third-order valence-electron chi connectivity index (χ3n) is 2.66. The Bertz CT molecular complexity index is 479. The molecule has 1 aliphatic rings. The van der Waals surface area contributed by atoms with Gasteiger partial charge in [0.2, 0.25) is 16.9 Å². The number of halogens is 3. The molecule has 0 spiro atoms. The largest absolute Gasteiger partial charge is 0.452 e. The van der Waals surface area contributed by atoms with Gasteiger partial charge in [-0.3, -0.25) is 4.79 Å². The molecule has 0 radical (unpaired) electrons. The number of morpholine rings is 1. The third-order valence-corrected chi connectivity index (χ3v) is 3.43. The summed E-state index contributed by atoms with van der Waals surface area (Å²) in [6.45, 7) is 2.89. The highest BCUT2D eigenvalue weighted by atomic mass is 32.1. The van der Waals surface area contributed by atoms with E-state index in [2.05, 4.69) is 14.7 Å². The van der Waals surface area contributed by atoms with Crippen LogP contribution in [0.2, 0.25) is 0 Å². The zero-order valence-corrected chi connectivity index (χ0v) is 11.4. The van der Waals surface area contributed by atoms with Gasteiger partial charge in [0, 0.05) is 38.1 Å². The van der Waals surface area contributed by atoms with Crippen LogP contribution in [-0.2, 0) is 15.7 Å². The Balaban J connectivity index is 1.98. The number of amides is 1. The van der Waals surface area contributed by atoms with E-state index in [1.165, 1.54) is 6.92 Å². The van der Waals surface area contributed by atoms with Crippen molar-refractivity contribution in [3.8, 4) is 0 Å². The van der Waals surface area contributed by atoms with Gasteiger partial charge in [-0.25, -0.2) is 0 Å². The number of nitrogens with zero attached hydrogens (tertiary/aromatic N) is 3. The first-order valence-corrected chi connectivity index (χ1v) is 6.65. The molecule has 10 heteroatoms. The summed E-state index contributed by atoms with van der Waals surface area (Å²) in [7, 11) is 0. The van der Waals surface area contributed by atoms with Crippen molar-refractivity contribution in [2.24, 2.45) is 0 Å². The van der Waals surface area contributed by atoms with Crippen molar-refractivity contribution in [3.05, 3.63) is 5.82 Å². The van der Waals surface area contributed by atoms with E-state index in [1.807, 2.05) is 0 Å². The number of hydrogen-bond acceptors (Lipinski definition) is 6. The minimum atomic E-state index is -4.53. The van der Waals surface area contributed by atoms with Gasteiger partial charge in [-0.15, -0.1) is 0 Å². The monoisotopic (exact) mass is 310 g/mol. The first-order chi connectivity index (χ1) is 9.36. The Morgan fingerprint density at radius 3 is 2.95 bits per heavy atom. The van der Waals surface area contributed by atoms with Crippen LogP contribution in [0.3, 0.4) is 0 Å². The topological polar surface area (TPSA) is 67.4 Å². The minimum Gasteiger partial charge on any atom is -0.373 e. The van der Waals surface area contributed by atoms with Gasteiger partial charge in [-0.2, -0.15) is 22.5 Å². The SMILES string of the molecule is CC(=O)NCC1CN(c2nc(C(F)(F)F)ns2)CCO1. The Labute approximate surface area is 117 Å². The van der Waals surface area contributed by atoms with E-state index in [0.717, 1.165) is 0 Å². The van der Waals surface area contributed by atoms with Crippen molar-refractivity contribution >= 4 is 22.6 Å². The summed E-state index contributed by atoms with van der Waals surface area (Å²) in [6, 6.07) is 0. The van der Waals surface area contributed by atoms with E-state index in [-0.39, 0.29) is 17.1 Å². The Kier molecular flexibility index (Phi) is 4.43. The molecule has 2 heterocycles. The first kappa shape index (κ1) is 15.0. The number of carbonyl (C=O) groups is 1. The molecule has 1 atom stereocenters. The van der Waals surface area contributed by atoms with Crippen LogP contribution in [0.25, 0.3) is 0 Å². The number of nitrogens with one attached hydrogen (secondary N) is 1. The lowest BCUT2D eigenvalue weighted by Gasteiger charge is -2.32. The predicted molar refractivity (Wildman–Crippen MR) is 65.5 cm³/mol. The highest BCUT2D eigenvalue weighted by Crippen LogP contribution is 2.30. The highest BCUT2D eigenvalue weighted by molar-refractivity contribution is 7.09. The van der Waals surface area contributed by atoms with Crippen molar-refractivity contribution in [1.29, 1.82) is 0 Å². The normalized spacial score (nSPS) is 20.0. The van der Waals surface area contributed by atoms with E-state index in [0.29, 0.717) is 37.8 Å². The maximum Gasteiger partial charge on any atom is 0.452 e. The zero-order chi connectivity index (χ0) is 14.8. The molecule has 1 aliphatic heterocycles. The van der Waals surface area contributed by atoms with Crippen LogP contribution in [0.4, 0.5) is 18.3 Å². The Morgan fingerprint density at radius 1 is 1.60 bits per heavy atom. The summed E-state index contributed by atoms with van der Waals surface area (Å²) in [4.78, 5) is 16.0. The van der Waals surface area contributed by atoms with Gasteiger partial charge in [0.1, 0.15) is 0 Å². The molecule has 1 aromatic heterocycles. The number of ether oxygens (including phenoxy) is 1. The van der Waals surface area contributed by atoms with Gasteiger partial charge in [0.25, 0.3) is 0 Å². The summed E-state index contributed by atoms with van der Waals surface area (Å²) in [5.74, 6) is -1.30. The molecule has 1 aromatic rings. The van der Waals surface area contributed by atoms with Crippen molar-refractivity contribution < 1.29 is 22.7 Å². The number of aromatic nitrogens is 2. The molecule has 0 saturated carbocycles. The Hall–Kier alpha value is -1.42. The zero-order valence-electron chi connectivity index (χ0n) is 10.6. The van der Waals surface area contributed by atoms with Gasteiger partial charge in [0.05, 0.1) is 12.7 Å².